The minimum Gasteiger partial charge on any atom is -0.359 e. The van der Waals surface area contributed by atoms with Crippen LogP contribution >= 0.6 is 0 Å². The van der Waals surface area contributed by atoms with Crippen LogP contribution in [0, 0.1) is 0 Å². The van der Waals surface area contributed by atoms with E-state index in [2.05, 4.69) is 46.6 Å². The van der Waals surface area contributed by atoms with E-state index >= 15 is 0 Å². The number of rotatable bonds is 6. The van der Waals surface area contributed by atoms with Crippen molar-refractivity contribution in [2.24, 2.45) is 0 Å². The lowest BCUT2D eigenvalue weighted by molar-refractivity contribution is -0.142. The van der Waals surface area contributed by atoms with Crippen LogP contribution in [0.5, 0.6) is 0 Å². The Labute approximate surface area is 237 Å². The third-order valence-corrected chi connectivity index (χ3v) is 8.93. The van der Waals surface area contributed by atoms with Gasteiger partial charge in [-0.1, -0.05) is 72.8 Å². The number of benzene rings is 3. The van der Waals surface area contributed by atoms with Crippen LogP contribution in [0.4, 0.5) is 17.6 Å². The van der Waals surface area contributed by atoms with Crippen molar-refractivity contribution in [3.05, 3.63) is 112 Å². The first-order valence-corrected chi connectivity index (χ1v) is 14.0. The molecule has 2 atom stereocenters. The van der Waals surface area contributed by atoms with E-state index in [0.717, 1.165) is 38.1 Å². The van der Waals surface area contributed by atoms with Gasteiger partial charge in [0.25, 0.3) is 5.91 Å². The van der Waals surface area contributed by atoms with Crippen LogP contribution in [0.3, 0.4) is 0 Å². The molecule has 3 aliphatic rings. The Hall–Kier alpha value is -3.49. The molecule has 1 aliphatic carbocycles. The number of piperidine rings is 1. The van der Waals surface area contributed by atoms with Gasteiger partial charge < -0.3 is 10.1 Å². The zero-order valence-electron chi connectivity index (χ0n) is 22.6. The van der Waals surface area contributed by atoms with Crippen molar-refractivity contribution in [1.82, 2.24) is 10.2 Å². The number of alkyl halides is 4. The molecule has 0 radical (unpaired) electrons. The molecular formula is C33H32F4N2O2. The van der Waals surface area contributed by atoms with E-state index in [1.807, 2.05) is 30.3 Å². The van der Waals surface area contributed by atoms with Crippen LogP contribution < -0.4 is 5.32 Å². The number of nitrogens with zero attached hydrogens (tertiary/aromatic N) is 1. The molecule has 214 valence electrons. The fourth-order valence-electron chi connectivity index (χ4n) is 6.71. The lowest BCUT2D eigenvalue weighted by Gasteiger charge is -2.41. The quantitative estimate of drug-likeness (QED) is 0.346. The summed E-state index contributed by atoms with van der Waals surface area (Å²) in [7, 11) is 0. The number of amides is 1. The molecule has 41 heavy (non-hydrogen) atoms. The van der Waals surface area contributed by atoms with E-state index in [1.54, 1.807) is 0 Å². The Morgan fingerprint density at radius 1 is 0.976 bits per heavy atom. The summed E-state index contributed by atoms with van der Waals surface area (Å²) in [5.41, 5.74) is 1.31. The summed E-state index contributed by atoms with van der Waals surface area (Å²) < 4.78 is 59.7. The summed E-state index contributed by atoms with van der Waals surface area (Å²) >= 11 is 0. The van der Waals surface area contributed by atoms with Crippen molar-refractivity contribution in [2.45, 2.75) is 55.7 Å². The molecule has 0 aromatic heterocycles. The van der Waals surface area contributed by atoms with Crippen LogP contribution in [0.2, 0.25) is 0 Å². The van der Waals surface area contributed by atoms with Crippen molar-refractivity contribution in [2.75, 3.05) is 19.7 Å². The number of likely N-dealkylation sites (tertiary alicyclic amines) is 1. The number of carbonyl (C=O) groups excluding carboxylic acids is 1. The van der Waals surface area contributed by atoms with Crippen LogP contribution in [0.15, 0.2) is 78.9 Å². The molecule has 3 aromatic carbocycles. The van der Waals surface area contributed by atoms with Gasteiger partial charge in [0.1, 0.15) is 6.67 Å². The fourth-order valence-corrected chi connectivity index (χ4v) is 6.71. The Morgan fingerprint density at radius 2 is 1.68 bits per heavy atom. The Bertz CT molecular complexity index is 1450. The zero-order valence-corrected chi connectivity index (χ0v) is 22.6. The van der Waals surface area contributed by atoms with Gasteiger partial charge in [-0.15, -0.1) is 0 Å². The molecule has 0 bridgehead atoms. The smallest absolute Gasteiger partial charge is 0.359 e. The number of hydrogen-bond acceptors (Lipinski definition) is 3. The first kappa shape index (κ1) is 27.7. The topological polar surface area (TPSA) is 41.6 Å². The number of carbonyl (C=O) groups is 1. The van der Waals surface area contributed by atoms with Gasteiger partial charge in [0.05, 0.1) is 12.2 Å². The van der Waals surface area contributed by atoms with E-state index in [0.29, 0.717) is 18.6 Å². The van der Waals surface area contributed by atoms with Crippen molar-refractivity contribution in [1.29, 1.82) is 0 Å². The number of halogens is 4. The maximum atomic E-state index is 13.8. The first-order chi connectivity index (χ1) is 19.7. The van der Waals surface area contributed by atoms with Gasteiger partial charge in [0, 0.05) is 24.4 Å². The number of ether oxygens (including phenoxy) is 1. The Kier molecular flexibility index (Phi) is 7.24. The van der Waals surface area contributed by atoms with Gasteiger partial charge in [-0.2, -0.15) is 13.2 Å². The van der Waals surface area contributed by atoms with Crippen molar-refractivity contribution >= 4 is 12.0 Å². The molecule has 2 heterocycles. The highest BCUT2D eigenvalue weighted by molar-refractivity contribution is 5.87. The maximum Gasteiger partial charge on any atom is 0.416 e. The second-order valence-corrected chi connectivity index (χ2v) is 11.3. The molecule has 4 nitrogen and oxygen atoms in total. The minimum atomic E-state index is -4.61. The standard InChI is InChI=1S/C33H32F4N2O2/c34-20-23-16-24(18-27(17-23)33(35,36)37)21-38-30(40)32(26-7-2-1-3-8-26)19-28(22-41-32)39-14-12-31(13-15-39)11-10-25-6-4-5-9-29(25)31/h1-11,16-18,28H,12-15,19-22H2,(H,38,40). The summed E-state index contributed by atoms with van der Waals surface area (Å²) in [6.45, 7) is 0.917. The molecule has 6 rings (SSSR count). The third-order valence-electron chi connectivity index (χ3n) is 8.93. The van der Waals surface area contributed by atoms with E-state index in [1.165, 1.54) is 17.2 Å². The molecule has 2 saturated heterocycles. The third kappa shape index (κ3) is 5.19. The summed E-state index contributed by atoms with van der Waals surface area (Å²) in [6, 6.07) is 20.9. The van der Waals surface area contributed by atoms with Crippen molar-refractivity contribution in [3.8, 4) is 0 Å². The highest BCUT2D eigenvalue weighted by atomic mass is 19.4. The molecule has 1 N–H and O–H groups in total. The van der Waals surface area contributed by atoms with Gasteiger partial charge in [-0.3, -0.25) is 9.69 Å². The normalized spacial score (nSPS) is 23.6. The van der Waals surface area contributed by atoms with E-state index in [9.17, 15) is 22.4 Å². The summed E-state index contributed by atoms with van der Waals surface area (Å²) in [5.74, 6) is -0.411. The van der Waals surface area contributed by atoms with Crippen LogP contribution in [-0.4, -0.2) is 36.5 Å². The monoisotopic (exact) mass is 564 g/mol. The minimum absolute atomic E-state index is 0.0191. The highest BCUT2D eigenvalue weighted by Crippen LogP contribution is 2.46. The van der Waals surface area contributed by atoms with Crippen molar-refractivity contribution < 1.29 is 27.1 Å². The molecule has 0 saturated carbocycles. The molecule has 1 amide bonds. The van der Waals surface area contributed by atoms with Gasteiger partial charge in [0.2, 0.25) is 0 Å². The average molecular weight is 565 g/mol. The molecule has 8 heteroatoms. The van der Waals surface area contributed by atoms with Gasteiger partial charge in [-0.05, 0) is 65.9 Å². The summed E-state index contributed by atoms with van der Waals surface area (Å²) in [6.07, 6.45) is 2.34. The molecule has 2 unspecified atom stereocenters. The van der Waals surface area contributed by atoms with E-state index in [-0.39, 0.29) is 29.1 Å². The highest BCUT2D eigenvalue weighted by Gasteiger charge is 2.50. The van der Waals surface area contributed by atoms with Crippen LogP contribution in [0.1, 0.15) is 52.6 Å². The Morgan fingerprint density at radius 3 is 2.41 bits per heavy atom. The van der Waals surface area contributed by atoms with Crippen molar-refractivity contribution in [3.63, 3.8) is 0 Å². The summed E-state index contributed by atoms with van der Waals surface area (Å²) in [4.78, 5) is 16.2. The number of hydrogen-bond donors (Lipinski definition) is 1. The van der Waals surface area contributed by atoms with Gasteiger partial charge in [-0.25, -0.2) is 4.39 Å². The second kappa shape index (κ2) is 10.7. The maximum absolute atomic E-state index is 13.8. The van der Waals surface area contributed by atoms with Crippen LogP contribution in [-0.2, 0) is 39.9 Å². The summed E-state index contributed by atoms with van der Waals surface area (Å²) in [5, 5.41) is 2.80. The van der Waals surface area contributed by atoms with Gasteiger partial charge >= 0.3 is 6.18 Å². The number of nitrogens with one attached hydrogen (secondary N) is 1. The largest absolute Gasteiger partial charge is 0.416 e. The zero-order chi connectivity index (χ0) is 28.7. The second-order valence-electron chi connectivity index (χ2n) is 11.3. The molecule has 1 spiro atoms. The first-order valence-electron chi connectivity index (χ1n) is 14.0. The van der Waals surface area contributed by atoms with E-state index < -0.39 is 29.9 Å². The molecule has 2 fully saturated rings. The lowest BCUT2D eigenvalue weighted by Crippen LogP contribution is -2.48. The predicted molar refractivity (Wildman–Crippen MR) is 149 cm³/mol. The Balaban J connectivity index is 1.18. The molecule has 3 aromatic rings. The average Bonchev–Trinajstić information content (AvgIpc) is 3.60. The fraction of sp³-hybridized carbons (Fsp3) is 0.364. The van der Waals surface area contributed by atoms with E-state index in [4.69, 9.17) is 4.74 Å². The number of allylic oxidation sites excluding steroid dienone is 1. The predicted octanol–water partition coefficient (Wildman–Crippen LogP) is 6.54. The van der Waals surface area contributed by atoms with Crippen LogP contribution in [0.25, 0.3) is 6.08 Å². The van der Waals surface area contributed by atoms with Gasteiger partial charge in [0.15, 0.2) is 5.60 Å². The lowest BCUT2D eigenvalue weighted by atomic mass is 9.74. The molecular weight excluding hydrogens is 532 g/mol. The SMILES string of the molecule is O=C(NCc1cc(CF)cc(C(F)(F)F)c1)C1(c2ccccc2)CC(N2CCC3(C=Cc4ccccc43)CC2)CO1. The molecule has 2 aliphatic heterocycles. The number of fused-ring (bicyclic) bond motifs is 2.